The third-order valence-electron chi connectivity index (χ3n) is 4.97. The van der Waals surface area contributed by atoms with Crippen LogP contribution in [-0.2, 0) is 6.42 Å². The normalized spacial score (nSPS) is 13.0. The first kappa shape index (κ1) is 14.3. The van der Waals surface area contributed by atoms with Gasteiger partial charge in [-0.2, -0.15) is 5.10 Å². The smallest absolute Gasteiger partial charge is 0.133 e. The number of benzene rings is 3. The molecule has 0 fully saturated rings. The van der Waals surface area contributed by atoms with Crippen LogP contribution in [0.4, 0.5) is 5.82 Å². The van der Waals surface area contributed by atoms with Crippen LogP contribution in [0, 0.1) is 6.92 Å². The topological polar surface area (TPSA) is 29.9 Å². The van der Waals surface area contributed by atoms with Crippen molar-refractivity contribution in [3.63, 3.8) is 0 Å². The molecule has 122 valence electrons. The van der Waals surface area contributed by atoms with Crippen molar-refractivity contribution in [2.24, 2.45) is 0 Å². The van der Waals surface area contributed by atoms with Crippen LogP contribution >= 0.6 is 0 Å². The summed E-state index contributed by atoms with van der Waals surface area (Å²) in [6.45, 7) is 3.08. The largest absolute Gasteiger partial charge is 0.369 e. The van der Waals surface area contributed by atoms with Crippen molar-refractivity contribution in [3.8, 4) is 16.9 Å². The lowest BCUT2D eigenvalue weighted by atomic mass is 9.99. The fourth-order valence-corrected chi connectivity index (χ4v) is 3.70. The number of nitrogens with one attached hydrogen (secondary N) is 1. The molecule has 1 aliphatic rings. The highest BCUT2D eigenvalue weighted by atomic mass is 15.3. The zero-order valence-electron chi connectivity index (χ0n) is 14.2. The van der Waals surface area contributed by atoms with Crippen molar-refractivity contribution >= 4 is 16.6 Å². The first-order valence-electron chi connectivity index (χ1n) is 8.72. The molecule has 3 nitrogen and oxygen atoms in total. The van der Waals surface area contributed by atoms with Gasteiger partial charge in [-0.3, -0.25) is 0 Å². The zero-order chi connectivity index (χ0) is 16.8. The molecule has 5 rings (SSSR count). The molecular weight excluding hydrogens is 306 g/mol. The number of hydrogen-bond donors (Lipinski definition) is 1. The Kier molecular flexibility index (Phi) is 3.14. The van der Waals surface area contributed by atoms with Gasteiger partial charge in [0.1, 0.15) is 5.82 Å². The van der Waals surface area contributed by atoms with Gasteiger partial charge in [-0.25, -0.2) is 4.68 Å². The van der Waals surface area contributed by atoms with Crippen LogP contribution < -0.4 is 5.32 Å². The number of aromatic nitrogens is 2. The maximum Gasteiger partial charge on any atom is 0.133 e. The molecule has 0 bridgehead atoms. The highest BCUT2D eigenvalue weighted by molar-refractivity contribution is 5.97. The molecule has 1 aromatic heterocycles. The summed E-state index contributed by atoms with van der Waals surface area (Å²) in [6, 6.07) is 23.5. The minimum atomic E-state index is 0.969. The van der Waals surface area contributed by atoms with Gasteiger partial charge in [0.25, 0.3) is 0 Å². The Morgan fingerprint density at radius 1 is 0.920 bits per heavy atom. The quantitative estimate of drug-likeness (QED) is 0.564. The van der Waals surface area contributed by atoms with E-state index in [0.717, 1.165) is 30.2 Å². The molecule has 1 aliphatic heterocycles. The minimum Gasteiger partial charge on any atom is -0.369 e. The number of fused-ring (bicyclic) bond motifs is 2. The van der Waals surface area contributed by atoms with Crippen LogP contribution in [0.15, 0.2) is 66.7 Å². The van der Waals surface area contributed by atoms with Crippen LogP contribution in [0.3, 0.4) is 0 Å². The van der Waals surface area contributed by atoms with Crippen LogP contribution in [0.1, 0.15) is 11.1 Å². The summed E-state index contributed by atoms with van der Waals surface area (Å²) >= 11 is 0. The van der Waals surface area contributed by atoms with E-state index in [9.17, 15) is 0 Å². The second kappa shape index (κ2) is 5.49. The van der Waals surface area contributed by atoms with Gasteiger partial charge in [0, 0.05) is 17.7 Å². The molecule has 0 unspecified atom stereocenters. The van der Waals surface area contributed by atoms with Crippen LogP contribution in [0.5, 0.6) is 0 Å². The molecule has 0 aliphatic carbocycles. The van der Waals surface area contributed by atoms with Gasteiger partial charge in [0.15, 0.2) is 0 Å². The number of aryl methyl sites for hydroxylation is 1. The van der Waals surface area contributed by atoms with Crippen LogP contribution in [0.25, 0.3) is 27.7 Å². The fourth-order valence-electron chi connectivity index (χ4n) is 3.70. The van der Waals surface area contributed by atoms with Gasteiger partial charge in [0.2, 0.25) is 0 Å². The van der Waals surface area contributed by atoms with E-state index < -0.39 is 0 Å². The van der Waals surface area contributed by atoms with Gasteiger partial charge in [-0.05, 0) is 36.2 Å². The Hall–Kier alpha value is -3.07. The van der Waals surface area contributed by atoms with Crippen molar-refractivity contribution in [1.82, 2.24) is 9.78 Å². The summed E-state index contributed by atoms with van der Waals surface area (Å²) in [5.41, 5.74) is 5.98. The van der Waals surface area contributed by atoms with E-state index in [4.69, 9.17) is 5.10 Å². The summed E-state index contributed by atoms with van der Waals surface area (Å²) in [4.78, 5) is 0. The molecule has 1 N–H and O–H groups in total. The summed E-state index contributed by atoms with van der Waals surface area (Å²) in [5.74, 6) is 1.13. The van der Waals surface area contributed by atoms with E-state index in [0.29, 0.717) is 0 Å². The highest BCUT2D eigenvalue weighted by Gasteiger charge is 2.24. The van der Waals surface area contributed by atoms with Gasteiger partial charge in [-0.15, -0.1) is 0 Å². The zero-order valence-corrected chi connectivity index (χ0v) is 14.2. The molecule has 4 aromatic rings. The first-order chi connectivity index (χ1) is 12.3. The molecule has 0 radical (unpaired) electrons. The second-order valence-corrected chi connectivity index (χ2v) is 6.63. The van der Waals surface area contributed by atoms with Gasteiger partial charge >= 0.3 is 0 Å². The molecule has 0 spiro atoms. The van der Waals surface area contributed by atoms with E-state index in [2.05, 4.69) is 83.7 Å². The SMILES string of the molecule is Cc1ccc(-n2nc(-c3cccc4ccccc34)c3c2NCC3)cc1. The van der Waals surface area contributed by atoms with E-state index in [1.807, 2.05) is 0 Å². The average Bonchev–Trinajstić information content (AvgIpc) is 3.25. The standard InChI is InChI=1S/C22H19N3/c1-15-9-11-17(12-10-15)25-22-20(13-14-23-22)21(24-25)19-8-4-6-16-5-2-3-7-18(16)19/h2-12,23H,13-14H2,1H3. The van der Waals surface area contributed by atoms with Crippen molar-refractivity contribution < 1.29 is 0 Å². The number of hydrogen-bond acceptors (Lipinski definition) is 2. The van der Waals surface area contributed by atoms with Gasteiger partial charge in [-0.1, -0.05) is 60.2 Å². The molecule has 0 saturated carbocycles. The summed E-state index contributed by atoms with van der Waals surface area (Å²) < 4.78 is 2.05. The number of nitrogens with zero attached hydrogens (tertiary/aromatic N) is 2. The lowest BCUT2D eigenvalue weighted by Gasteiger charge is -2.07. The monoisotopic (exact) mass is 325 g/mol. The fraction of sp³-hybridized carbons (Fsp3) is 0.136. The molecule has 3 heteroatoms. The Bertz CT molecular complexity index is 1070. The van der Waals surface area contributed by atoms with Crippen molar-refractivity contribution in [1.29, 1.82) is 0 Å². The number of rotatable bonds is 2. The molecule has 25 heavy (non-hydrogen) atoms. The molecule has 0 saturated heterocycles. The molecule has 0 amide bonds. The van der Waals surface area contributed by atoms with Crippen LogP contribution in [-0.4, -0.2) is 16.3 Å². The summed E-state index contributed by atoms with van der Waals surface area (Å²) in [5, 5.41) is 11.0. The Morgan fingerprint density at radius 3 is 2.60 bits per heavy atom. The van der Waals surface area contributed by atoms with Crippen molar-refractivity contribution in [3.05, 3.63) is 77.9 Å². The summed E-state index contributed by atoms with van der Waals surface area (Å²) in [7, 11) is 0. The first-order valence-corrected chi connectivity index (χ1v) is 8.72. The Morgan fingerprint density at radius 2 is 1.72 bits per heavy atom. The van der Waals surface area contributed by atoms with E-state index in [1.54, 1.807) is 0 Å². The lowest BCUT2D eigenvalue weighted by Crippen LogP contribution is -2.04. The van der Waals surface area contributed by atoms with E-state index in [-0.39, 0.29) is 0 Å². The van der Waals surface area contributed by atoms with E-state index >= 15 is 0 Å². The van der Waals surface area contributed by atoms with Gasteiger partial charge in [0.05, 0.1) is 11.4 Å². The van der Waals surface area contributed by atoms with Gasteiger partial charge < -0.3 is 5.32 Å². The average molecular weight is 325 g/mol. The molecular formula is C22H19N3. The second-order valence-electron chi connectivity index (χ2n) is 6.63. The predicted octanol–water partition coefficient (Wildman–Crippen LogP) is 4.97. The minimum absolute atomic E-state index is 0.969. The van der Waals surface area contributed by atoms with Crippen molar-refractivity contribution in [2.45, 2.75) is 13.3 Å². The maximum absolute atomic E-state index is 5.01. The Balaban J connectivity index is 1.75. The maximum atomic E-state index is 5.01. The molecule has 3 aromatic carbocycles. The van der Waals surface area contributed by atoms with Crippen molar-refractivity contribution in [2.75, 3.05) is 11.9 Å². The summed E-state index contributed by atoms with van der Waals surface area (Å²) in [6.07, 6.45) is 1.01. The Labute approximate surface area is 146 Å². The molecule has 0 atom stereocenters. The highest BCUT2D eigenvalue weighted by Crippen LogP contribution is 2.37. The lowest BCUT2D eigenvalue weighted by molar-refractivity contribution is 0.882. The third-order valence-corrected chi connectivity index (χ3v) is 4.97. The van der Waals surface area contributed by atoms with E-state index in [1.165, 1.54) is 27.5 Å². The predicted molar refractivity (Wildman–Crippen MR) is 103 cm³/mol. The third kappa shape index (κ3) is 2.23. The molecule has 2 heterocycles. The van der Waals surface area contributed by atoms with Crippen LogP contribution in [0.2, 0.25) is 0 Å². The number of anilines is 1.